The smallest absolute Gasteiger partial charge is 0.226 e. The van der Waals surface area contributed by atoms with E-state index in [1.165, 1.54) is 0 Å². The van der Waals surface area contributed by atoms with E-state index < -0.39 is 6.10 Å². The van der Waals surface area contributed by atoms with Crippen molar-refractivity contribution >= 4 is 11.6 Å². The molecule has 106 valence electrons. The third-order valence-electron chi connectivity index (χ3n) is 3.99. The lowest BCUT2D eigenvalue weighted by Gasteiger charge is -2.13. The molecule has 2 aromatic heterocycles. The van der Waals surface area contributed by atoms with Gasteiger partial charge in [-0.3, -0.25) is 4.79 Å². The summed E-state index contributed by atoms with van der Waals surface area (Å²) in [4.78, 5) is 16.5. The van der Waals surface area contributed by atoms with Crippen molar-refractivity contribution in [2.24, 2.45) is 5.92 Å². The van der Waals surface area contributed by atoms with Crippen LogP contribution < -0.4 is 5.32 Å². The second kappa shape index (κ2) is 5.25. The zero-order valence-electron chi connectivity index (χ0n) is 11.5. The number of nitrogens with zero attached hydrogens (tertiary/aromatic N) is 2. The van der Waals surface area contributed by atoms with Crippen LogP contribution >= 0.6 is 0 Å². The molecule has 3 rings (SSSR count). The first-order valence-electron chi connectivity index (χ1n) is 7.04. The Morgan fingerprint density at radius 1 is 1.55 bits per heavy atom. The molecule has 1 aliphatic carbocycles. The number of carbonyl (C=O) groups is 1. The van der Waals surface area contributed by atoms with Crippen LogP contribution in [0.2, 0.25) is 0 Å². The maximum Gasteiger partial charge on any atom is 0.226 e. The quantitative estimate of drug-likeness (QED) is 0.889. The van der Waals surface area contributed by atoms with E-state index in [1.807, 2.05) is 35.9 Å². The van der Waals surface area contributed by atoms with Crippen LogP contribution in [0.3, 0.4) is 0 Å². The molecule has 1 amide bonds. The number of hydrogen-bond donors (Lipinski definition) is 2. The standard InChI is InChI=1S/C15H19N3O2/c1-10-4-3-7-18-9-11(17-14(10)18)8-16-15(20)12-5-2-6-13(12)19/h3-4,7,9,12-13,19H,2,5-6,8H2,1H3,(H,16,20). The van der Waals surface area contributed by atoms with Gasteiger partial charge >= 0.3 is 0 Å². The molecule has 0 bridgehead atoms. The second-order valence-electron chi connectivity index (χ2n) is 5.48. The zero-order valence-corrected chi connectivity index (χ0v) is 11.5. The third-order valence-corrected chi connectivity index (χ3v) is 3.99. The maximum atomic E-state index is 12.0. The molecule has 5 heteroatoms. The summed E-state index contributed by atoms with van der Waals surface area (Å²) < 4.78 is 1.96. The molecule has 1 fully saturated rings. The molecule has 5 nitrogen and oxygen atoms in total. The molecule has 1 saturated carbocycles. The number of aryl methyl sites for hydroxylation is 1. The summed E-state index contributed by atoms with van der Waals surface area (Å²) >= 11 is 0. The van der Waals surface area contributed by atoms with Crippen molar-refractivity contribution in [1.82, 2.24) is 14.7 Å². The van der Waals surface area contributed by atoms with E-state index in [0.717, 1.165) is 36.2 Å². The van der Waals surface area contributed by atoms with E-state index in [0.29, 0.717) is 6.54 Å². The summed E-state index contributed by atoms with van der Waals surface area (Å²) in [5, 5.41) is 12.6. The van der Waals surface area contributed by atoms with Gasteiger partial charge in [0, 0.05) is 12.4 Å². The molecule has 0 radical (unpaired) electrons. The SMILES string of the molecule is Cc1cccn2cc(CNC(=O)C3CCCC3O)nc12. The molecule has 20 heavy (non-hydrogen) atoms. The lowest BCUT2D eigenvalue weighted by Crippen LogP contribution is -2.34. The van der Waals surface area contributed by atoms with Crippen molar-refractivity contribution in [3.63, 3.8) is 0 Å². The Bertz CT molecular complexity index is 635. The van der Waals surface area contributed by atoms with E-state index in [9.17, 15) is 9.90 Å². The summed E-state index contributed by atoms with van der Waals surface area (Å²) in [5.41, 5.74) is 2.86. The molecule has 1 aliphatic rings. The topological polar surface area (TPSA) is 66.6 Å². The number of carbonyl (C=O) groups excluding carboxylic acids is 1. The maximum absolute atomic E-state index is 12.0. The number of hydrogen-bond acceptors (Lipinski definition) is 3. The largest absolute Gasteiger partial charge is 0.392 e. The first kappa shape index (κ1) is 13.1. The van der Waals surface area contributed by atoms with Gasteiger partial charge in [-0.2, -0.15) is 0 Å². The average Bonchev–Trinajstić information content (AvgIpc) is 3.03. The third kappa shape index (κ3) is 2.41. The van der Waals surface area contributed by atoms with Crippen LogP contribution in [-0.2, 0) is 11.3 Å². The molecular weight excluding hydrogens is 254 g/mol. The predicted molar refractivity (Wildman–Crippen MR) is 75.1 cm³/mol. The lowest BCUT2D eigenvalue weighted by molar-refractivity contribution is -0.127. The minimum absolute atomic E-state index is 0.0659. The van der Waals surface area contributed by atoms with Crippen LogP contribution in [0.15, 0.2) is 24.5 Å². The van der Waals surface area contributed by atoms with E-state index in [2.05, 4.69) is 10.3 Å². The fourth-order valence-corrected chi connectivity index (χ4v) is 2.84. The summed E-state index contributed by atoms with van der Waals surface area (Å²) in [6.07, 6.45) is 5.81. The van der Waals surface area contributed by atoms with Crippen LogP contribution in [0.5, 0.6) is 0 Å². The highest BCUT2D eigenvalue weighted by molar-refractivity contribution is 5.79. The molecule has 0 aliphatic heterocycles. The van der Waals surface area contributed by atoms with E-state index in [-0.39, 0.29) is 11.8 Å². The first-order chi connectivity index (χ1) is 9.65. The van der Waals surface area contributed by atoms with Crippen LogP contribution in [-0.4, -0.2) is 26.5 Å². The minimum atomic E-state index is -0.488. The summed E-state index contributed by atoms with van der Waals surface area (Å²) in [6, 6.07) is 3.99. The highest BCUT2D eigenvalue weighted by atomic mass is 16.3. The van der Waals surface area contributed by atoms with Crippen LogP contribution in [0.1, 0.15) is 30.5 Å². The van der Waals surface area contributed by atoms with Gasteiger partial charge in [0.05, 0.1) is 24.3 Å². The molecule has 0 aromatic carbocycles. The number of amides is 1. The number of rotatable bonds is 3. The van der Waals surface area contributed by atoms with Crippen molar-refractivity contribution in [2.75, 3.05) is 0 Å². The molecule has 0 saturated heterocycles. The molecule has 2 heterocycles. The average molecular weight is 273 g/mol. The van der Waals surface area contributed by atoms with Crippen molar-refractivity contribution in [1.29, 1.82) is 0 Å². The summed E-state index contributed by atoms with van der Waals surface area (Å²) in [5.74, 6) is -0.322. The number of fused-ring (bicyclic) bond motifs is 1. The molecule has 0 spiro atoms. The Morgan fingerprint density at radius 2 is 2.40 bits per heavy atom. The first-order valence-corrected chi connectivity index (χ1v) is 7.04. The van der Waals surface area contributed by atoms with Crippen LogP contribution in [0, 0.1) is 12.8 Å². The van der Waals surface area contributed by atoms with E-state index in [4.69, 9.17) is 0 Å². The fourth-order valence-electron chi connectivity index (χ4n) is 2.84. The van der Waals surface area contributed by atoms with Gasteiger partial charge in [-0.05, 0) is 37.8 Å². The Labute approximate surface area is 117 Å². The van der Waals surface area contributed by atoms with Gasteiger partial charge in [-0.1, -0.05) is 6.07 Å². The van der Waals surface area contributed by atoms with Gasteiger partial charge in [0.25, 0.3) is 0 Å². The van der Waals surface area contributed by atoms with Gasteiger partial charge in [0.2, 0.25) is 5.91 Å². The van der Waals surface area contributed by atoms with Gasteiger partial charge in [-0.25, -0.2) is 4.98 Å². The summed E-state index contributed by atoms with van der Waals surface area (Å²) in [6.45, 7) is 2.42. The highest BCUT2D eigenvalue weighted by Gasteiger charge is 2.31. The molecule has 2 N–H and O–H groups in total. The minimum Gasteiger partial charge on any atom is -0.392 e. The summed E-state index contributed by atoms with van der Waals surface area (Å²) in [7, 11) is 0. The van der Waals surface area contributed by atoms with Crippen molar-refractivity contribution in [3.05, 3.63) is 35.8 Å². The lowest BCUT2D eigenvalue weighted by atomic mass is 10.1. The zero-order chi connectivity index (χ0) is 14.1. The number of aliphatic hydroxyl groups excluding tert-OH is 1. The molecule has 2 unspecified atom stereocenters. The van der Waals surface area contributed by atoms with Gasteiger partial charge < -0.3 is 14.8 Å². The fraction of sp³-hybridized carbons (Fsp3) is 0.467. The van der Waals surface area contributed by atoms with E-state index >= 15 is 0 Å². The Kier molecular flexibility index (Phi) is 3.44. The van der Waals surface area contributed by atoms with Crippen molar-refractivity contribution in [3.8, 4) is 0 Å². The Hall–Kier alpha value is -1.88. The molecular formula is C15H19N3O2. The van der Waals surface area contributed by atoms with Crippen LogP contribution in [0.4, 0.5) is 0 Å². The second-order valence-corrected chi connectivity index (χ2v) is 5.48. The highest BCUT2D eigenvalue weighted by Crippen LogP contribution is 2.25. The van der Waals surface area contributed by atoms with Gasteiger partial charge in [-0.15, -0.1) is 0 Å². The molecule has 2 atom stereocenters. The Morgan fingerprint density at radius 3 is 3.10 bits per heavy atom. The number of nitrogens with one attached hydrogen (secondary N) is 1. The van der Waals surface area contributed by atoms with Crippen molar-refractivity contribution in [2.45, 2.75) is 38.8 Å². The number of aromatic nitrogens is 2. The van der Waals surface area contributed by atoms with Gasteiger partial charge in [0.15, 0.2) is 0 Å². The Balaban J connectivity index is 1.68. The van der Waals surface area contributed by atoms with Gasteiger partial charge in [0.1, 0.15) is 5.65 Å². The number of imidazole rings is 1. The predicted octanol–water partition coefficient (Wildman–Crippen LogP) is 1.42. The monoisotopic (exact) mass is 273 g/mol. The number of aliphatic hydroxyl groups is 1. The van der Waals surface area contributed by atoms with Crippen molar-refractivity contribution < 1.29 is 9.90 Å². The normalized spacial score (nSPS) is 22.3. The van der Waals surface area contributed by atoms with E-state index in [1.54, 1.807) is 0 Å². The number of pyridine rings is 1. The molecule has 2 aromatic rings. The van der Waals surface area contributed by atoms with Crippen LogP contribution in [0.25, 0.3) is 5.65 Å².